The van der Waals surface area contributed by atoms with E-state index >= 15 is 0 Å². The van der Waals surface area contributed by atoms with Gasteiger partial charge < -0.3 is 19.3 Å². The Bertz CT molecular complexity index is 461. The lowest BCUT2D eigenvalue weighted by Crippen LogP contribution is -2.53. The molecule has 0 N–H and O–H groups in total. The minimum absolute atomic E-state index is 0.201. The van der Waals surface area contributed by atoms with E-state index < -0.39 is 0 Å². The monoisotopic (exact) mass is 351 g/mol. The summed E-state index contributed by atoms with van der Waals surface area (Å²) in [6.45, 7) is 7.80. The average Bonchev–Trinajstić information content (AvgIpc) is 3.05. The number of hydrogen-bond donors (Lipinski definition) is 0. The number of likely N-dealkylation sites (N-methyl/N-ethyl adjacent to an activating group) is 1. The Hall–Kier alpha value is -0.690. The lowest BCUT2D eigenvalue weighted by Gasteiger charge is -2.40. The quantitative estimate of drug-likeness (QED) is 0.753. The van der Waals surface area contributed by atoms with Gasteiger partial charge in [-0.25, -0.2) is 0 Å². The molecule has 6 heteroatoms. The van der Waals surface area contributed by atoms with Gasteiger partial charge in [0, 0.05) is 58.5 Å². The van der Waals surface area contributed by atoms with Gasteiger partial charge in [0.15, 0.2) is 0 Å². The van der Waals surface area contributed by atoms with Gasteiger partial charge in [0.05, 0.1) is 6.10 Å². The lowest BCUT2D eigenvalue weighted by molar-refractivity contribution is -0.156. The first-order chi connectivity index (χ1) is 12.2. The number of rotatable bonds is 3. The highest BCUT2D eigenvalue weighted by Gasteiger charge is 2.43. The fourth-order valence-electron chi connectivity index (χ4n) is 4.91. The molecule has 0 spiro atoms. The largest absolute Gasteiger partial charge is 0.381 e. The molecule has 3 atom stereocenters. The van der Waals surface area contributed by atoms with Crippen molar-refractivity contribution in [1.29, 1.82) is 0 Å². The van der Waals surface area contributed by atoms with Gasteiger partial charge >= 0.3 is 0 Å². The fraction of sp³-hybridized carbons (Fsp3) is 0.947. The van der Waals surface area contributed by atoms with Crippen molar-refractivity contribution in [1.82, 2.24) is 14.7 Å². The molecule has 142 valence electrons. The van der Waals surface area contributed by atoms with Gasteiger partial charge in [-0.15, -0.1) is 0 Å². The highest BCUT2D eigenvalue weighted by atomic mass is 16.5. The van der Waals surface area contributed by atoms with E-state index in [1.807, 2.05) is 4.90 Å². The molecule has 4 rings (SSSR count). The molecule has 4 heterocycles. The van der Waals surface area contributed by atoms with Crippen molar-refractivity contribution in [2.24, 2.45) is 5.92 Å². The van der Waals surface area contributed by atoms with Crippen LogP contribution in [-0.2, 0) is 14.3 Å². The van der Waals surface area contributed by atoms with Crippen LogP contribution in [0.5, 0.6) is 0 Å². The number of nitrogens with zero attached hydrogens (tertiary/aromatic N) is 3. The van der Waals surface area contributed by atoms with Crippen molar-refractivity contribution in [3.63, 3.8) is 0 Å². The number of ether oxygens (including phenoxy) is 2. The molecule has 4 fully saturated rings. The van der Waals surface area contributed by atoms with Crippen LogP contribution in [0.15, 0.2) is 0 Å². The van der Waals surface area contributed by atoms with Gasteiger partial charge in [-0.3, -0.25) is 9.69 Å². The maximum Gasteiger partial charge on any atom is 0.251 e. The van der Waals surface area contributed by atoms with E-state index in [1.165, 1.54) is 19.4 Å². The van der Waals surface area contributed by atoms with Crippen molar-refractivity contribution in [2.45, 2.75) is 50.4 Å². The standard InChI is InChI=1S/C19H33N3O3/c1-20-8-10-21(11-9-20)19(23)18-3-2-16-17(25-18)4-7-22(16)14-15-5-12-24-13-6-15/h15-18H,2-14H2,1H3/t16-,17-,18+/m1/s1. The minimum atomic E-state index is -0.201. The van der Waals surface area contributed by atoms with E-state index in [9.17, 15) is 4.79 Å². The Kier molecular flexibility index (Phi) is 5.60. The first-order valence-electron chi connectivity index (χ1n) is 10.2. The van der Waals surface area contributed by atoms with Crippen LogP contribution in [0, 0.1) is 5.92 Å². The predicted molar refractivity (Wildman–Crippen MR) is 95.5 cm³/mol. The zero-order valence-electron chi connectivity index (χ0n) is 15.6. The molecule has 0 unspecified atom stereocenters. The molecule has 0 aromatic carbocycles. The van der Waals surface area contributed by atoms with E-state index in [0.717, 1.165) is 71.1 Å². The third kappa shape index (κ3) is 4.02. The van der Waals surface area contributed by atoms with Gasteiger partial charge in [-0.05, 0) is 45.1 Å². The van der Waals surface area contributed by atoms with Crippen molar-refractivity contribution in [3.8, 4) is 0 Å². The summed E-state index contributed by atoms with van der Waals surface area (Å²) >= 11 is 0. The van der Waals surface area contributed by atoms with Crippen LogP contribution in [0.25, 0.3) is 0 Å². The lowest BCUT2D eigenvalue weighted by atomic mass is 9.96. The van der Waals surface area contributed by atoms with Gasteiger partial charge in [-0.1, -0.05) is 0 Å². The number of carbonyl (C=O) groups excluding carboxylic acids is 1. The zero-order valence-corrected chi connectivity index (χ0v) is 15.6. The van der Waals surface area contributed by atoms with Crippen molar-refractivity contribution in [2.75, 3.05) is 59.5 Å². The third-order valence-corrected chi connectivity index (χ3v) is 6.59. The van der Waals surface area contributed by atoms with Crippen LogP contribution < -0.4 is 0 Å². The smallest absolute Gasteiger partial charge is 0.251 e. The summed E-state index contributed by atoms with van der Waals surface area (Å²) in [5, 5.41) is 0. The van der Waals surface area contributed by atoms with E-state index in [0.29, 0.717) is 6.04 Å². The van der Waals surface area contributed by atoms with Crippen LogP contribution in [0.2, 0.25) is 0 Å². The molecule has 4 aliphatic heterocycles. The Morgan fingerprint density at radius 3 is 2.48 bits per heavy atom. The molecule has 25 heavy (non-hydrogen) atoms. The number of likely N-dealkylation sites (tertiary alicyclic amines) is 1. The Morgan fingerprint density at radius 2 is 1.72 bits per heavy atom. The number of hydrogen-bond acceptors (Lipinski definition) is 5. The molecule has 0 aromatic heterocycles. The molecule has 6 nitrogen and oxygen atoms in total. The fourth-order valence-corrected chi connectivity index (χ4v) is 4.91. The highest BCUT2D eigenvalue weighted by molar-refractivity contribution is 5.81. The normalized spacial score (nSPS) is 35.7. The highest BCUT2D eigenvalue weighted by Crippen LogP contribution is 2.33. The molecule has 0 bridgehead atoms. The summed E-state index contributed by atoms with van der Waals surface area (Å²) in [5.41, 5.74) is 0. The summed E-state index contributed by atoms with van der Waals surface area (Å²) in [4.78, 5) is 19.7. The second-order valence-corrected chi connectivity index (χ2v) is 8.28. The van der Waals surface area contributed by atoms with Crippen molar-refractivity contribution in [3.05, 3.63) is 0 Å². The summed E-state index contributed by atoms with van der Waals surface area (Å²) in [6, 6.07) is 0.527. The zero-order chi connectivity index (χ0) is 17.2. The molecule has 1 amide bonds. The first-order valence-corrected chi connectivity index (χ1v) is 10.2. The molecular weight excluding hydrogens is 318 g/mol. The number of carbonyl (C=O) groups is 1. The molecule has 0 saturated carbocycles. The first kappa shape index (κ1) is 17.7. The number of fused-ring (bicyclic) bond motifs is 1. The number of amides is 1. The second kappa shape index (κ2) is 7.91. The van der Waals surface area contributed by atoms with Gasteiger partial charge in [0.1, 0.15) is 6.10 Å². The summed E-state index contributed by atoms with van der Waals surface area (Å²) in [6.07, 6.45) is 5.52. The third-order valence-electron chi connectivity index (χ3n) is 6.59. The SMILES string of the molecule is CN1CCN(C(=O)[C@@H]2CC[C@@H]3[C@@H](CCN3CC3CCOCC3)O2)CC1. The van der Waals surface area contributed by atoms with Crippen LogP contribution in [0.1, 0.15) is 32.1 Å². The van der Waals surface area contributed by atoms with Crippen LogP contribution >= 0.6 is 0 Å². The van der Waals surface area contributed by atoms with Crippen LogP contribution in [0.4, 0.5) is 0 Å². The maximum absolute atomic E-state index is 12.8. The molecule has 4 aliphatic rings. The Labute approximate surface area is 151 Å². The molecule has 4 saturated heterocycles. The van der Waals surface area contributed by atoms with E-state index in [4.69, 9.17) is 9.47 Å². The van der Waals surface area contributed by atoms with Gasteiger partial charge in [0.25, 0.3) is 5.91 Å². The van der Waals surface area contributed by atoms with Gasteiger partial charge in [0.2, 0.25) is 0 Å². The molecular formula is C19H33N3O3. The van der Waals surface area contributed by atoms with E-state index in [-0.39, 0.29) is 18.1 Å². The van der Waals surface area contributed by atoms with E-state index in [2.05, 4.69) is 16.8 Å². The van der Waals surface area contributed by atoms with Crippen LogP contribution in [-0.4, -0.2) is 98.4 Å². The summed E-state index contributed by atoms with van der Waals surface area (Å²) in [5.74, 6) is 1.01. The topological polar surface area (TPSA) is 45.2 Å². The predicted octanol–water partition coefficient (Wildman–Crippen LogP) is 0.809. The van der Waals surface area contributed by atoms with Crippen LogP contribution in [0.3, 0.4) is 0 Å². The molecule has 0 radical (unpaired) electrons. The average molecular weight is 351 g/mol. The van der Waals surface area contributed by atoms with Gasteiger partial charge in [-0.2, -0.15) is 0 Å². The maximum atomic E-state index is 12.8. The molecule has 0 aromatic rings. The second-order valence-electron chi connectivity index (χ2n) is 8.28. The summed E-state index contributed by atoms with van der Waals surface area (Å²) in [7, 11) is 2.12. The minimum Gasteiger partial charge on any atom is -0.381 e. The Balaban J connectivity index is 1.28. The number of piperazine rings is 1. The Morgan fingerprint density at radius 1 is 0.960 bits per heavy atom. The van der Waals surface area contributed by atoms with Crippen molar-refractivity contribution >= 4 is 5.91 Å². The van der Waals surface area contributed by atoms with Crippen molar-refractivity contribution < 1.29 is 14.3 Å². The summed E-state index contributed by atoms with van der Waals surface area (Å²) < 4.78 is 11.8. The molecule has 0 aliphatic carbocycles. The van der Waals surface area contributed by atoms with E-state index in [1.54, 1.807) is 0 Å².